The van der Waals surface area contributed by atoms with E-state index in [2.05, 4.69) is 5.43 Å². The van der Waals surface area contributed by atoms with Gasteiger partial charge < -0.3 is 19.5 Å². The zero-order valence-corrected chi connectivity index (χ0v) is 22.6. The Kier molecular flexibility index (Phi) is 10.1. The Balaban J connectivity index is 2.52. The molecule has 0 aliphatic carbocycles. The number of carbonyl (C=O) groups excluding carboxylic acids is 2. The molecule has 0 aliphatic heterocycles. The van der Waals surface area contributed by atoms with Gasteiger partial charge in [0.15, 0.2) is 0 Å². The third-order valence-corrected chi connectivity index (χ3v) is 6.10. The topological polar surface area (TPSA) is 108 Å². The lowest BCUT2D eigenvalue weighted by molar-refractivity contribution is 0.0284. The highest BCUT2D eigenvalue weighted by Crippen LogP contribution is 2.28. The van der Waals surface area contributed by atoms with Crippen LogP contribution in [0.1, 0.15) is 71.5 Å². The number of aryl methyl sites for hydroxylation is 2. The average molecular weight is 498 g/mol. The maximum Gasteiger partial charge on any atom is 0.492 e. The van der Waals surface area contributed by atoms with E-state index in [4.69, 9.17) is 9.47 Å². The van der Waals surface area contributed by atoms with Gasteiger partial charge in [-0.25, -0.2) is 5.01 Å². The number of amides is 2. The van der Waals surface area contributed by atoms with E-state index in [0.717, 1.165) is 11.1 Å². The van der Waals surface area contributed by atoms with Gasteiger partial charge in [0.05, 0.1) is 12.6 Å². The van der Waals surface area contributed by atoms with E-state index in [1.165, 1.54) is 24.3 Å². The van der Waals surface area contributed by atoms with Crippen LogP contribution in [0.4, 0.5) is 0 Å². The van der Waals surface area contributed by atoms with Crippen molar-refractivity contribution in [2.45, 2.75) is 60.9 Å². The fraction of sp³-hybridized carbons (Fsp3) is 0.481. The molecule has 0 spiro atoms. The van der Waals surface area contributed by atoms with Crippen LogP contribution in [0.25, 0.3) is 0 Å². The van der Waals surface area contributed by atoms with Gasteiger partial charge in [0.1, 0.15) is 12.4 Å². The molecule has 0 saturated carbocycles. The van der Waals surface area contributed by atoms with Crippen molar-refractivity contribution in [3.8, 4) is 5.75 Å². The first-order valence-corrected chi connectivity index (χ1v) is 12.2. The van der Waals surface area contributed by atoms with Crippen LogP contribution >= 0.6 is 0 Å². The van der Waals surface area contributed by atoms with Crippen molar-refractivity contribution in [1.29, 1.82) is 0 Å². The van der Waals surface area contributed by atoms with Gasteiger partial charge in [-0.2, -0.15) is 0 Å². The van der Waals surface area contributed by atoms with Crippen LogP contribution in [0.3, 0.4) is 0 Å². The van der Waals surface area contributed by atoms with Gasteiger partial charge in [-0.1, -0.05) is 51.0 Å². The summed E-state index contributed by atoms with van der Waals surface area (Å²) in [6.45, 7) is 14.0. The Morgan fingerprint density at radius 3 is 2.17 bits per heavy atom. The third kappa shape index (κ3) is 7.09. The molecule has 0 fully saturated rings. The fourth-order valence-corrected chi connectivity index (χ4v) is 4.44. The van der Waals surface area contributed by atoms with Crippen LogP contribution in [0, 0.1) is 26.2 Å². The molecule has 0 aromatic heterocycles. The Labute approximate surface area is 214 Å². The SMILES string of the molecule is CCC(N(NC(=O)c1ccc(B(O)O)c(OCCOC)c1C)C(=O)c1cc(C)cc(C)c1)C(C)(C)C. The van der Waals surface area contributed by atoms with Crippen molar-refractivity contribution in [3.63, 3.8) is 0 Å². The zero-order valence-electron chi connectivity index (χ0n) is 22.6. The Bertz CT molecular complexity index is 1060. The van der Waals surface area contributed by atoms with E-state index in [1.807, 2.05) is 59.7 Å². The van der Waals surface area contributed by atoms with Crippen LogP contribution < -0.4 is 15.6 Å². The van der Waals surface area contributed by atoms with Gasteiger partial charge >= 0.3 is 7.12 Å². The van der Waals surface area contributed by atoms with Crippen molar-refractivity contribution in [3.05, 3.63) is 58.1 Å². The predicted octanol–water partition coefficient (Wildman–Crippen LogP) is 2.93. The lowest BCUT2D eigenvalue weighted by atomic mass is 9.78. The molecule has 3 N–H and O–H groups in total. The molecule has 9 heteroatoms. The van der Waals surface area contributed by atoms with E-state index in [9.17, 15) is 19.6 Å². The monoisotopic (exact) mass is 498 g/mol. The Morgan fingerprint density at radius 2 is 1.67 bits per heavy atom. The molecular formula is C27H39BN2O6. The predicted molar refractivity (Wildman–Crippen MR) is 141 cm³/mol. The number of rotatable bonds is 9. The molecular weight excluding hydrogens is 459 g/mol. The second-order valence-corrected chi connectivity index (χ2v) is 10.2. The average Bonchev–Trinajstić information content (AvgIpc) is 2.77. The molecule has 0 radical (unpaired) electrons. The third-order valence-electron chi connectivity index (χ3n) is 6.10. The first kappa shape index (κ1) is 29.4. The smallest absolute Gasteiger partial charge is 0.491 e. The van der Waals surface area contributed by atoms with Gasteiger partial charge in [-0.05, 0) is 50.8 Å². The Morgan fingerprint density at radius 1 is 1.06 bits per heavy atom. The fourth-order valence-electron chi connectivity index (χ4n) is 4.44. The molecule has 36 heavy (non-hydrogen) atoms. The summed E-state index contributed by atoms with van der Waals surface area (Å²) in [7, 11) is -0.242. The van der Waals surface area contributed by atoms with E-state index in [-0.39, 0.29) is 40.7 Å². The number of nitrogens with zero attached hydrogens (tertiary/aromatic N) is 1. The number of hydrogen-bond acceptors (Lipinski definition) is 6. The maximum atomic E-state index is 13.7. The summed E-state index contributed by atoms with van der Waals surface area (Å²) in [5.74, 6) is -0.596. The number of carbonyl (C=O) groups is 2. The molecule has 8 nitrogen and oxygen atoms in total. The number of ether oxygens (including phenoxy) is 2. The maximum absolute atomic E-state index is 13.7. The molecule has 0 bridgehead atoms. The quantitative estimate of drug-likeness (QED) is 0.279. The summed E-state index contributed by atoms with van der Waals surface area (Å²) in [6, 6.07) is 8.27. The molecule has 1 atom stereocenters. The first-order chi connectivity index (χ1) is 16.8. The number of nitrogens with one attached hydrogen (secondary N) is 1. The highest BCUT2D eigenvalue weighted by Gasteiger charge is 2.35. The van der Waals surface area contributed by atoms with E-state index < -0.39 is 13.0 Å². The van der Waals surface area contributed by atoms with Crippen molar-refractivity contribution < 1.29 is 29.1 Å². The van der Waals surface area contributed by atoms with Crippen LogP contribution in [-0.2, 0) is 4.74 Å². The molecule has 0 saturated heterocycles. The minimum absolute atomic E-state index is 0.143. The summed E-state index contributed by atoms with van der Waals surface area (Å²) in [6.07, 6.45) is 0.625. The lowest BCUT2D eigenvalue weighted by Gasteiger charge is -2.39. The van der Waals surface area contributed by atoms with Gasteiger partial charge in [-0.15, -0.1) is 0 Å². The van der Waals surface area contributed by atoms with Crippen LogP contribution in [0.2, 0.25) is 0 Å². The zero-order chi connectivity index (χ0) is 27.2. The van der Waals surface area contributed by atoms with Crippen LogP contribution in [-0.4, -0.2) is 60.4 Å². The highest BCUT2D eigenvalue weighted by atomic mass is 16.5. The summed E-state index contributed by atoms with van der Waals surface area (Å²) < 4.78 is 10.7. The summed E-state index contributed by atoms with van der Waals surface area (Å²) >= 11 is 0. The van der Waals surface area contributed by atoms with Gasteiger partial charge in [-0.3, -0.25) is 15.0 Å². The number of benzene rings is 2. The molecule has 0 aliphatic rings. The van der Waals surface area contributed by atoms with Gasteiger partial charge in [0.2, 0.25) is 0 Å². The van der Waals surface area contributed by atoms with Crippen LogP contribution in [0.15, 0.2) is 30.3 Å². The van der Waals surface area contributed by atoms with Crippen LogP contribution in [0.5, 0.6) is 5.75 Å². The molecule has 2 amide bonds. The van der Waals surface area contributed by atoms with Crippen molar-refractivity contribution in [1.82, 2.24) is 10.4 Å². The summed E-state index contributed by atoms with van der Waals surface area (Å²) in [5.41, 5.74) is 5.78. The molecule has 2 aromatic carbocycles. The molecule has 2 aromatic rings. The Hall–Kier alpha value is -2.88. The van der Waals surface area contributed by atoms with Gasteiger partial charge in [0.25, 0.3) is 11.8 Å². The van der Waals surface area contributed by atoms with Crippen molar-refractivity contribution in [2.24, 2.45) is 5.41 Å². The van der Waals surface area contributed by atoms with Gasteiger partial charge in [0, 0.05) is 29.3 Å². The van der Waals surface area contributed by atoms with Crippen molar-refractivity contribution >= 4 is 24.4 Å². The summed E-state index contributed by atoms with van der Waals surface area (Å²) in [5, 5.41) is 21.0. The molecule has 0 heterocycles. The molecule has 196 valence electrons. The first-order valence-electron chi connectivity index (χ1n) is 12.2. The minimum Gasteiger partial charge on any atom is -0.491 e. The molecule has 2 rings (SSSR count). The lowest BCUT2D eigenvalue weighted by Crippen LogP contribution is -2.56. The number of methoxy groups -OCH3 is 1. The van der Waals surface area contributed by atoms with E-state index >= 15 is 0 Å². The standard InChI is InChI=1S/C27H39BN2O6/c1-9-23(27(5,6)7)30(26(32)20-15-17(2)14-18(3)16-20)29-25(31)21-10-11-22(28(33)34)24(19(21)4)36-13-12-35-8/h10-11,14-16,23,33-34H,9,12-13H2,1-8H3,(H,29,31). The molecule has 1 unspecified atom stereocenters. The minimum atomic E-state index is -1.77. The van der Waals surface area contributed by atoms with Crippen molar-refractivity contribution in [2.75, 3.05) is 20.3 Å². The second-order valence-electron chi connectivity index (χ2n) is 10.2. The second kappa shape index (κ2) is 12.4. The highest BCUT2D eigenvalue weighted by molar-refractivity contribution is 6.59. The number of hydrazine groups is 1. The van der Waals surface area contributed by atoms with E-state index in [0.29, 0.717) is 24.2 Å². The van der Waals surface area contributed by atoms with E-state index in [1.54, 1.807) is 6.92 Å². The summed E-state index contributed by atoms with van der Waals surface area (Å²) in [4.78, 5) is 27.3. The largest absolute Gasteiger partial charge is 0.492 e. The number of hydrogen-bond donors (Lipinski definition) is 3. The normalized spacial score (nSPS) is 12.2.